The number of nitrogens with zero attached hydrogens (tertiary/aromatic N) is 2. The van der Waals surface area contributed by atoms with Crippen molar-refractivity contribution in [1.29, 1.82) is 0 Å². The van der Waals surface area contributed by atoms with Crippen LogP contribution in [0.4, 0.5) is 0 Å². The fourth-order valence-electron chi connectivity index (χ4n) is 7.85. The van der Waals surface area contributed by atoms with E-state index >= 15 is 0 Å². The fourth-order valence-corrected chi connectivity index (χ4v) is 8.31. The van der Waals surface area contributed by atoms with Crippen LogP contribution in [0.3, 0.4) is 0 Å². The van der Waals surface area contributed by atoms with Gasteiger partial charge in [-0.05, 0) is 79.5 Å². The SMILES string of the molecule is C=C[C@H]1CN2CC[C@H]1C[C@H]2[C@H](O)c1ccnc2ccccc12.COc1cc([C@H]2C[C@H]3CCC(=O)[C@]2(C(=O)O)O3)ccc1OS(C)(=O)=O. The van der Waals surface area contributed by atoms with Crippen LogP contribution in [-0.2, 0) is 24.4 Å². The van der Waals surface area contributed by atoms with E-state index in [4.69, 9.17) is 13.7 Å². The van der Waals surface area contributed by atoms with E-state index in [0.29, 0.717) is 30.2 Å². The first-order chi connectivity index (χ1) is 22.4. The fraction of sp³-hybridized carbons (Fsp3) is 0.457. The lowest BCUT2D eigenvalue weighted by molar-refractivity contribution is -0.177. The molecule has 2 aromatic carbocycles. The summed E-state index contributed by atoms with van der Waals surface area (Å²) in [5.74, 6) is -1.04. The second-order valence-electron chi connectivity index (χ2n) is 12.8. The predicted molar refractivity (Wildman–Crippen MR) is 174 cm³/mol. The van der Waals surface area contributed by atoms with Gasteiger partial charge in [0, 0.05) is 36.5 Å². The van der Waals surface area contributed by atoms with E-state index < -0.39 is 39.5 Å². The molecule has 5 saturated heterocycles. The summed E-state index contributed by atoms with van der Waals surface area (Å²) < 4.78 is 38.3. The smallest absolute Gasteiger partial charge is 0.344 e. The number of ketones is 1. The number of Topliss-reactive ketones (excluding diaryl/α,β-unsaturated/α-hetero) is 1. The van der Waals surface area contributed by atoms with Crippen LogP contribution in [0, 0.1) is 11.8 Å². The Bertz CT molecular complexity index is 1790. The molecule has 5 aliphatic rings. The number of methoxy groups -OCH3 is 1. The van der Waals surface area contributed by atoms with E-state index in [2.05, 4.69) is 28.6 Å². The molecule has 0 aliphatic carbocycles. The van der Waals surface area contributed by atoms with Crippen LogP contribution in [0.15, 0.2) is 67.4 Å². The number of carbonyl (C=O) groups is 2. The Morgan fingerprint density at radius 2 is 1.96 bits per heavy atom. The van der Waals surface area contributed by atoms with Crippen molar-refractivity contribution < 1.29 is 41.9 Å². The standard InChI is InChI=1S/C19H22N2O.C16H18O8S/c1-2-13-12-21-10-8-14(13)11-18(21)19(22)16-7-9-20-17-6-4-3-5-15(16)17;1-22-13-7-9(3-5-12(13)24-25(2,20)21)11-8-10-4-6-14(17)16(11,23-10)15(18)19/h2-7,9,13-14,18-19,22H,1,8,10-12H2;3,5,7,10-11H,4,6,8H2,1-2H3,(H,18,19)/t13-,14-,18-,19+;10-,11-,16-/m01/s1. The molecule has 8 atom stereocenters. The molecule has 5 fully saturated rings. The van der Waals surface area contributed by atoms with Gasteiger partial charge in [0.15, 0.2) is 17.3 Å². The number of aliphatic hydroxyl groups is 1. The molecule has 0 amide bonds. The van der Waals surface area contributed by atoms with Crippen molar-refractivity contribution in [2.75, 3.05) is 26.5 Å². The highest BCUT2D eigenvalue weighted by Gasteiger charge is 2.62. The second kappa shape index (κ2) is 13.0. The third kappa shape index (κ3) is 6.27. The highest BCUT2D eigenvalue weighted by Crippen LogP contribution is 2.50. The van der Waals surface area contributed by atoms with Gasteiger partial charge in [-0.3, -0.25) is 14.7 Å². The van der Waals surface area contributed by atoms with Crippen molar-refractivity contribution in [3.8, 4) is 11.5 Å². The van der Waals surface area contributed by atoms with Gasteiger partial charge in [0.05, 0.1) is 31.1 Å². The number of aliphatic carboxylic acids is 1. The van der Waals surface area contributed by atoms with Gasteiger partial charge in [-0.15, -0.1) is 6.58 Å². The number of ether oxygens (including phenoxy) is 2. The average Bonchev–Trinajstić information content (AvgIpc) is 3.41. The molecule has 3 aromatic rings. The molecule has 4 bridgehead atoms. The topological polar surface area (TPSA) is 153 Å². The van der Waals surface area contributed by atoms with Crippen molar-refractivity contribution >= 4 is 32.8 Å². The predicted octanol–water partition coefficient (Wildman–Crippen LogP) is 4.26. The molecular formula is C35H40N2O9S. The van der Waals surface area contributed by atoms with Gasteiger partial charge < -0.3 is 23.9 Å². The minimum atomic E-state index is -3.74. The molecule has 0 spiro atoms. The number of aliphatic hydroxyl groups excluding tert-OH is 1. The number of aromatic nitrogens is 1. The first kappa shape index (κ1) is 33.1. The largest absolute Gasteiger partial charge is 0.493 e. The molecule has 6 heterocycles. The number of benzene rings is 2. The van der Waals surface area contributed by atoms with Gasteiger partial charge in [0.25, 0.3) is 0 Å². The first-order valence-corrected chi connectivity index (χ1v) is 17.7. The highest BCUT2D eigenvalue weighted by molar-refractivity contribution is 7.86. The monoisotopic (exact) mass is 664 g/mol. The van der Waals surface area contributed by atoms with Crippen LogP contribution in [0.5, 0.6) is 11.5 Å². The maximum atomic E-state index is 12.4. The Hall–Kier alpha value is -3.84. The van der Waals surface area contributed by atoms with Crippen LogP contribution in [0.2, 0.25) is 0 Å². The minimum Gasteiger partial charge on any atom is -0.493 e. The summed E-state index contributed by atoms with van der Waals surface area (Å²) in [6.07, 6.45) is 7.44. The highest BCUT2D eigenvalue weighted by atomic mass is 32.2. The normalized spacial score (nSPS) is 30.2. The van der Waals surface area contributed by atoms with E-state index in [0.717, 1.165) is 42.2 Å². The van der Waals surface area contributed by atoms with E-state index in [9.17, 15) is 28.2 Å². The maximum Gasteiger partial charge on any atom is 0.344 e. The lowest BCUT2D eigenvalue weighted by Gasteiger charge is -2.50. The summed E-state index contributed by atoms with van der Waals surface area (Å²) in [5, 5.41) is 21.8. The molecule has 11 nitrogen and oxygen atoms in total. The average molecular weight is 665 g/mol. The number of hydrogen-bond donors (Lipinski definition) is 2. The summed E-state index contributed by atoms with van der Waals surface area (Å²) in [4.78, 5) is 31.1. The molecule has 0 saturated carbocycles. The van der Waals surface area contributed by atoms with Crippen molar-refractivity contribution in [2.45, 2.75) is 61.9 Å². The molecule has 250 valence electrons. The summed E-state index contributed by atoms with van der Waals surface area (Å²) in [6.45, 7) is 6.11. The van der Waals surface area contributed by atoms with Gasteiger partial charge >= 0.3 is 16.1 Å². The summed E-state index contributed by atoms with van der Waals surface area (Å²) in [6, 6.07) is 14.7. The quantitative estimate of drug-likeness (QED) is 0.202. The van der Waals surface area contributed by atoms with E-state index in [-0.39, 0.29) is 30.1 Å². The van der Waals surface area contributed by atoms with Gasteiger partial charge in [-0.25, -0.2) is 4.79 Å². The number of fused-ring (bicyclic) bond motifs is 6. The molecule has 47 heavy (non-hydrogen) atoms. The molecule has 12 heteroatoms. The molecule has 0 radical (unpaired) electrons. The van der Waals surface area contributed by atoms with Gasteiger partial charge in [-0.1, -0.05) is 30.3 Å². The zero-order chi connectivity index (χ0) is 33.5. The zero-order valence-corrected chi connectivity index (χ0v) is 27.3. The van der Waals surface area contributed by atoms with Crippen LogP contribution in [0.1, 0.15) is 55.3 Å². The number of rotatable bonds is 8. The van der Waals surface area contributed by atoms with Gasteiger partial charge in [0.1, 0.15) is 0 Å². The Labute approximate surface area is 274 Å². The Morgan fingerprint density at radius 1 is 1.17 bits per heavy atom. The molecule has 2 N–H and O–H groups in total. The second-order valence-corrected chi connectivity index (χ2v) is 14.4. The van der Waals surface area contributed by atoms with Gasteiger partial charge in [-0.2, -0.15) is 8.42 Å². The lowest BCUT2D eigenvalue weighted by Crippen LogP contribution is -2.54. The molecule has 5 aliphatic heterocycles. The van der Waals surface area contributed by atoms with E-state index in [1.165, 1.54) is 31.7 Å². The first-order valence-electron chi connectivity index (χ1n) is 15.9. The third-order valence-electron chi connectivity index (χ3n) is 10.1. The number of para-hydroxylation sites is 1. The molecule has 1 unspecified atom stereocenters. The minimum absolute atomic E-state index is 0.00802. The molecular weight excluding hydrogens is 624 g/mol. The zero-order valence-electron chi connectivity index (χ0n) is 26.4. The Kier molecular flexibility index (Phi) is 9.14. The van der Waals surface area contributed by atoms with Crippen molar-refractivity contribution in [2.24, 2.45) is 11.8 Å². The van der Waals surface area contributed by atoms with Crippen LogP contribution in [-0.4, -0.2) is 84.5 Å². The van der Waals surface area contributed by atoms with E-state index in [1.54, 1.807) is 0 Å². The summed E-state index contributed by atoms with van der Waals surface area (Å²) in [5.41, 5.74) is 0.600. The van der Waals surface area contributed by atoms with Crippen LogP contribution in [0.25, 0.3) is 10.9 Å². The van der Waals surface area contributed by atoms with Crippen molar-refractivity contribution in [3.05, 3.63) is 78.5 Å². The Morgan fingerprint density at radius 3 is 2.64 bits per heavy atom. The molecule has 1 aromatic heterocycles. The van der Waals surface area contributed by atoms with E-state index in [1.807, 2.05) is 30.5 Å². The maximum absolute atomic E-state index is 12.4. The number of piperidine rings is 3. The van der Waals surface area contributed by atoms with Crippen LogP contribution < -0.4 is 8.92 Å². The summed E-state index contributed by atoms with van der Waals surface area (Å²) in [7, 11) is -2.40. The number of hydrogen-bond acceptors (Lipinski definition) is 10. The van der Waals surface area contributed by atoms with Crippen LogP contribution >= 0.6 is 0 Å². The van der Waals surface area contributed by atoms with Crippen molar-refractivity contribution in [1.82, 2.24) is 9.88 Å². The Balaban J connectivity index is 0.000000165. The number of carboxylic acids is 1. The summed E-state index contributed by atoms with van der Waals surface area (Å²) >= 11 is 0. The number of carboxylic acid groups (broad SMARTS) is 1. The number of pyridine rings is 1. The van der Waals surface area contributed by atoms with Crippen molar-refractivity contribution in [3.63, 3.8) is 0 Å². The molecule has 8 rings (SSSR count). The third-order valence-corrected chi connectivity index (χ3v) is 10.6. The lowest BCUT2D eigenvalue weighted by atomic mass is 9.73. The van der Waals surface area contributed by atoms with Gasteiger partial charge in [0.2, 0.25) is 5.60 Å². The number of carbonyl (C=O) groups excluding carboxylic acids is 1.